The summed E-state index contributed by atoms with van der Waals surface area (Å²) in [7, 11) is 0. The summed E-state index contributed by atoms with van der Waals surface area (Å²) in [4.78, 5) is 2.29. The molecule has 0 aliphatic carbocycles. The van der Waals surface area contributed by atoms with Crippen LogP contribution < -0.4 is 0 Å². The van der Waals surface area contributed by atoms with Gasteiger partial charge in [-0.05, 0) is 30.7 Å². The summed E-state index contributed by atoms with van der Waals surface area (Å²) < 4.78 is 0. The minimum absolute atomic E-state index is 0.109. The zero-order valence-electron chi connectivity index (χ0n) is 10.9. The fraction of sp³-hybridized carbons (Fsp3) is 0.467. The molecular formula is C15H21NO2. The van der Waals surface area contributed by atoms with Gasteiger partial charge in [-0.2, -0.15) is 0 Å². The molecule has 98 valence electrons. The van der Waals surface area contributed by atoms with Crippen molar-refractivity contribution in [3.63, 3.8) is 0 Å². The highest BCUT2D eigenvalue weighted by molar-refractivity contribution is 5.37. The van der Waals surface area contributed by atoms with Gasteiger partial charge in [-0.15, -0.1) is 0 Å². The quantitative estimate of drug-likeness (QED) is 0.743. The number of aliphatic hydroxyl groups is 2. The largest absolute Gasteiger partial charge is 0.396 e. The molecule has 1 rings (SSSR count). The molecule has 0 saturated carbocycles. The van der Waals surface area contributed by atoms with E-state index in [-0.39, 0.29) is 13.2 Å². The molecule has 0 aliphatic rings. The third kappa shape index (κ3) is 5.33. The summed E-state index contributed by atoms with van der Waals surface area (Å²) in [6, 6.07) is 8.04. The van der Waals surface area contributed by atoms with E-state index in [9.17, 15) is 0 Å². The fourth-order valence-corrected chi connectivity index (χ4v) is 1.79. The highest BCUT2D eigenvalue weighted by atomic mass is 16.3. The maximum Gasteiger partial charge on any atom is 0.104 e. The predicted molar refractivity (Wildman–Crippen MR) is 73.1 cm³/mol. The van der Waals surface area contributed by atoms with Crippen LogP contribution in [0.25, 0.3) is 0 Å². The fourth-order valence-electron chi connectivity index (χ4n) is 1.79. The lowest BCUT2D eigenvalue weighted by Crippen LogP contribution is -2.24. The van der Waals surface area contributed by atoms with E-state index in [2.05, 4.69) is 29.7 Å². The van der Waals surface area contributed by atoms with Crippen LogP contribution in [0.2, 0.25) is 0 Å². The Labute approximate surface area is 109 Å². The lowest BCUT2D eigenvalue weighted by atomic mass is 10.1. The highest BCUT2D eigenvalue weighted by Gasteiger charge is 2.03. The van der Waals surface area contributed by atoms with Gasteiger partial charge in [-0.1, -0.05) is 30.9 Å². The van der Waals surface area contributed by atoms with Crippen LogP contribution in [-0.4, -0.2) is 41.4 Å². The molecule has 3 nitrogen and oxygen atoms in total. The average molecular weight is 247 g/mol. The van der Waals surface area contributed by atoms with Gasteiger partial charge in [0.1, 0.15) is 6.61 Å². The van der Waals surface area contributed by atoms with Gasteiger partial charge in [-0.25, -0.2) is 0 Å². The Kier molecular flexibility index (Phi) is 7.12. The third-order valence-corrected chi connectivity index (χ3v) is 2.72. The van der Waals surface area contributed by atoms with E-state index in [1.807, 2.05) is 18.2 Å². The minimum atomic E-state index is -0.109. The SMILES string of the molecule is CCN(CCCO)Cc1cccc(C#CCO)c1. The van der Waals surface area contributed by atoms with E-state index in [1.54, 1.807) is 0 Å². The molecule has 1 aromatic rings. The van der Waals surface area contributed by atoms with E-state index in [1.165, 1.54) is 5.56 Å². The Morgan fingerprint density at radius 1 is 1.28 bits per heavy atom. The zero-order chi connectivity index (χ0) is 13.2. The van der Waals surface area contributed by atoms with Crippen LogP contribution in [0.15, 0.2) is 24.3 Å². The van der Waals surface area contributed by atoms with Gasteiger partial charge in [0, 0.05) is 25.3 Å². The van der Waals surface area contributed by atoms with E-state index in [4.69, 9.17) is 10.2 Å². The second kappa shape index (κ2) is 8.71. The maximum absolute atomic E-state index is 8.85. The van der Waals surface area contributed by atoms with Gasteiger partial charge in [-0.3, -0.25) is 4.90 Å². The summed E-state index contributed by atoms with van der Waals surface area (Å²) in [5.74, 6) is 5.56. The summed E-state index contributed by atoms with van der Waals surface area (Å²) in [5.41, 5.74) is 2.14. The monoisotopic (exact) mass is 247 g/mol. The van der Waals surface area contributed by atoms with Crippen molar-refractivity contribution in [1.29, 1.82) is 0 Å². The minimum Gasteiger partial charge on any atom is -0.396 e. The Morgan fingerprint density at radius 3 is 2.78 bits per heavy atom. The van der Waals surface area contributed by atoms with Gasteiger partial charge in [0.15, 0.2) is 0 Å². The smallest absolute Gasteiger partial charge is 0.104 e. The molecule has 0 aliphatic heterocycles. The third-order valence-electron chi connectivity index (χ3n) is 2.72. The molecule has 0 saturated heterocycles. The van der Waals surface area contributed by atoms with Crippen LogP contribution in [-0.2, 0) is 6.54 Å². The van der Waals surface area contributed by atoms with Crippen molar-refractivity contribution in [3.8, 4) is 11.8 Å². The number of nitrogens with zero attached hydrogens (tertiary/aromatic N) is 1. The second-order valence-electron chi connectivity index (χ2n) is 4.11. The average Bonchev–Trinajstić information content (AvgIpc) is 2.41. The van der Waals surface area contributed by atoms with Crippen LogP contribution in [0, 0.1) is 11.8 Å². The molecule has 0 heterocycles. The topological polar surface area (TPSA) is 43.7 Å². The standard InChI is InChI=1S/C15H21NO2/c1-2-16(9-5-11-18)13-15-7-3-6-14(12-15)8-4-10-17/h3,6-7,12,17-18H,2,5,9-11,13H2,1H3. The van der Waals surface area contributed by atoms with Crippen molar-refractivity contribution in [2.45, 2.75) is 19.9 Å². The van der Waals surface area contributed by atoms with Crippen LogP contribution >= 0.6 is 0 Å². The molecule has 2 N–H and O–H groups in total. The lowest BCUT2D eigenvalue weighted by molar-refractivity contribution is 0.225. The van der Waals surface area contributed by atoms with E-state index in [0.717, 1.165) is 31.6 Å². The van der Waals surface area contributed by atoms with Crippen molar-refractivity contribution in [2.24, 2.45) is 0 Å². The molecule has 0 atom stereocenters. The number of rotatable bonds is 6. The lowest BCUT2D eigenvalue weighted by Gasteiger charge is -2.19. The normalized spacial score (nSPS) is 10.2. The van der Waals surface area contributed by atoms with Crippen molar-refractivity contribution in [3.05, 3.63) is 35.4 Å². The Bertz CT molecular complexity index is 406. The number of aliphatic hydroxyl groups excluding tert-OH is 2. The number of hydrogen-bond donors (Lipinski definition) is 2. The molecule has 0 fully saturated rings. The zero-order valence-corrected chi connectivity index (χ0v) is 10.9. The molecule has 0 spiro atoms. The molecule has 1 aromatic carbocycles. The molecule has 18 heavy (non-hydrogen) atoms. The van der Waals surface area contributed by atoms with Gasteiger partial charge in [0.05, 0.1) is 0 Å². The summed E-state index contributed by atoms with van der Waals surface area (Å²) in [6.45, 7) is 4.98. The number of benzene rings is 1. The molecular weight excluding hydrogens is 226 g/mol. The van der Waals surface area contributed by atoms with Crippen molar-refractivity contribution < 1.29 is 10.2 Å². The molecule has 0 amide bonds. The summed E-state index contributed by atoms with van der Waals surface area (Å²) in [5, 5.41) is 17.5. The maximum atomic E-state index is 8.85. The Balaban J connectivity index is 2.65. The van der Waals surface area contributed by atoms with Gasteiger partial charge >= 0.3 is 0 Å². The first-order chi connectivity index (χ1) is 8.80. The highest BCUT2D eigenvalue weighted by Crippen LogP contribution is 2.08. The van der Waals surface area contributed by atoms with Crippen LogP contribution in [0.4, 0.5) is 0 Å². The van der Waals surface area contributed by atoms with Crippen molar-refractivity contribution >= 4 is 0 Å². The van der Waals surface area contributed by atoms with Gasteiger partial charge in [0.2, 0.25) is 0 Å². The molecule has 3 heteroatoms. The molecule has 0 radical (unpaired) electrons. The van der Waals surface area contributed by atoms with Gasteiger partial charge in [0.25, 0.3) is 0 Å². The Morgan fingerprint density at radius 2 is 2.11 bits per heavy atom. The first-order valence-electron chi connectivity index (χ1n) is 6.32. The van der Waals surface area contributed by atoms with Crippen molar-refractivity contribution in [2.75, 3.05) is 26.3 Å². The second-order valence-corrected chi connectivity index (χ2v) is 4.11. The Hall–Kier alpha value is -1.34. The molecule has 0 aromatic heterocycles. The summed E-state index contributed by atoms with van der Waals surface area (Å²) in [6.07, 6.45) is 0.803. The first kappa shape index (κ1) is 14.7. The van der Waals surface area contributed by atoms with E-state index < -0.39 is 0 Å². The van der Waals surface area contributed by atoms with E-state index in [0.29, 0.717) is 0 Å². The van der Waals surface area contributed by atoms with Crippen molar-refractivity contribution in [1.82, 2.24) is 4.90 Å². The van der Waals surface area contributed by atoms with Crippen LogP contribution in [0.1, 0.15) is 24.5 Å². The summed E-state index contributed by atoms with van der Waals surface area (Å²) >= 11 is 0. The predicted octanol–water partition coefficient (Wildman–Crippen LogP) is 1.23. The van der Waals surface area contributed by atoms with Crippen LogP contribution in [0.3, 0.4) is 0 Å². The van der Waals surface area contributed by atoms with E-state index >= 15 is 0 Å². The van der Waals surface area contributed by atoms with Crippen LogP contribution in [0.5, 0.6) is 0 Å². The van der Waals surface area contributed by atoms with Gasteiger partial charge < -0.3 is 10.2 Å². The molecule has 0 unspecified atom stereocenters. The molecule has 0 bridgehead atoms. The number of hydrogen-bond acceptors (Lipinski definition) is 3. The first-order valence-corrected chi connectivity index (χ1v) is 6.32.